The summed E-state index contributed by atoms with van der Waals surface area (Å²) in [5.74, 6) is 0.363. The van der Waals surface area contributed by atoms with Crippen molar-refractivity contribution in [2.45, 2.75) is 25.8 Å². The van der Waals surface area contributed by atoms with Crippen LogP contribution in [0.3, 0.4) is 0 Å². The topological polar surface area (TPSA) is 88.6 Å². The second-order valence-corrected chi connectivity index (χ2v) is 5.88. The largest absolute Gasteiger partial charge is 0.478 e. The molecule has 126 valence electrons. The van der Waals surface area contributed by atoms with Gasteiger partial charge in [0.15, 0.2) is 0 Å². The van der Waals surface area contributed by atoms with Gasteiger partial charge in [0.05, 0.1) is 17.8 Å². The third kappa shape index (κ3) is 3.56. The van der Waals surface area contributed by atoms with E-state index in [9.17, 15) is 9.59 Å². The number of hydrogen-bond acceptors (Lipinski definition) is 4. The summed E-state index contributed by atoms with van der Waals surface area (Å²) >= 11 is 0. The molecule has 1 fully saturated rings. The number of carboxylic acid groups (broad SMARTS) is 1. The van der Waals surface area contributed by atoms with Gasteiger partial charge in [-0.3, -0.25) is 9.48 Å². The van der Waals surface area contributed by atoms with E-state index >= 15 is 0 Å². The molecule has 2 aromatic rings. The minimum absolute atomic E-state index is 0.00458. The van der Waals surface area contributed by atoms with Crippen LogP contribution in [0.5, 0.6) is 0 Å². The van der Waals surface area contributed by atoms with E-state index in [0.29, 0.717) is 18.8 Å². The highest BCUT2D eigenvalue weighted by Crippen LogP contribution is 2.21. The van der Waals surface area contributed by atoms with Gasteiger partial charge in [-0.15, -0.1) is 0 Å². The van der Waals surface area contributed by atoms with Crippen LogP contribution in [0.25, 0.3) is 6.08 Å². The number of aromatic nitrogens is 2. The Labute approximate surface area is 139 Å². The molecule has 1 atom stereocenters. The van der Waals surface area contributed by atoms with Crippen molar-refractivity contribution < 1.29 is 19.1 Å². The molecule has 0 saturated carbocycles. The fourth-order valence-corrected chi connectivity index (χ4v) is 2.82. The lowest BCUT2D eigenvalue weighted by molar-refractivity contribution is -0.127. The summed E-state index contributed by atoms with van der Waals surface area (Å²) in [5, 5.41) is 13.1. The van der Waals surface area contributed by atoms with Crippen molar-refractivity contribution >= 4 is 18.0 Å². The number of carboxylic acids is 1. The molecule has 3 rings (SSSR count). The van der Waals surface area contributed by atoms with Gasteiger partial charge in [-0.25, -0.2) is 4.79 Å². The van der Waals surface area contributed by atoms with E-state index in [-0.39, 0.29) is 17.5 Å². The number of piperidine rings is 1. The highest BCUT2D eigenvalue weighted by atomic mass is 16.4. The first-order chi connectivity index (χ1) is 11.5. The maximum atomic E-state index is 12.3. The third-order valence-corrected chi connectivity index (χ3v) is 4.08. The summed E-state index contributed by atoms with van der Waals surface area (Å²) in [4.78, 5) is 25.1. The highest BCUT2D eigenvalue weighted by molar-refractivity contribution is 5.91. The molecule has 1 unspecified atom stereocenters. The Balaban J connectivity index is 1.65. The van der Waals surface area contributed by atoms with Crippen molar-refractivity contribution in [1.82, 2.24) is 14.7 Å². The minimum Gasteiger partial charge on any atom is -0.478 e. The number of amides is 1. The molecule has 0 radical (unpaired) electrons. The van der Waals surface area contributed by atoms with E-state index in [1.165, 1.54) is 18.5 Å². The lowest BCUT2D eigenvalue weighted by Gasteiger charge is -2.32. The molecule has 0 bridgehead atoms. The first-order valence-electron chi connectivity index (χ1n) is 7.84. The number of furan rings is 1. The molecule has 1 N–H and O–H groups in total. The minimum atomic E-state index is -0.998. The van der Waals surface area contributed by atoms with Crippen molar-refractivity contribution in [2.24, 2.45) is 0 Å². The molecule has 0 spiro atoms. The van der Waals surface area contributed by atoms with Crippen molar-refractivity contribution in [2.75, 3.05) is 13.1 Å². The Hall–Kier alpha value is -2.83. The molecule has 1 saturated heterocycles. The molecule has 0 aliphatic carbocycles. The normalized spacial score (nSPS) is 18.2. The van der Waals surface area contributed by atoms with Crippen molar-refractivity contribution in [3.63, 3.8) is 0 Å². The quantitative estimate of drug-likeness (QED) is 0.870. The molecule has 0 aromatic carbocycles. The van der Waals surface area contributed by atoms with Crippen molar-refractivity contribution in [3.05, 3.63) is 47.7 Å². The third-order valence-electron chi connectivity index (χ3n) is 4.08. The molecular weight excluding hydrogens is 310 g/mol. The molecule has 1 aliphatic rings. The van der Waals surface area contributed by atoms with Crippen LogP contribution in [0.4, 0.5) is 0 Å². The number of likely N-dealkylation sites (tertiary alicyclic amines) is 1. The number of aromatic carboxylic acids is 1. The number of carbonyl (C=O) groups excluding carboxylic acids is 1. The van der Waals surface area contributed by atoms with Gasteiger partial charge in [0.2, 0.25) is 5.91 Å². The van der Waals surface area contributed by atoms with Gasteiger partial charge < -0.3 is 14.4 Å². The zero-order valence-electron chi connectivity index (χ0n) is 13.4. The van der Waals surface area contributed by atoms with Crippen molar-refractivity contribution in [3.8, 4) is 0 Å². The average Bonchev–Trinajstić information content (AvgIpc) is 3.22. The standard InChI is InChI=1S/C17H19N3O4/c1-12-4-5-15(24-12)6-7-16(21)19-8-2-3-14(11-19)20-10-13(9-18-20)17(22)23/h4-7,9-10,14H,2-3,8,11H2,1H3,(H,22,23)/b7-6+. The van der Waals surface area contributed by atoms with Gasteiger partial charge >= 0.3 is 5.97 Å². The van der Waals surface area contributed by atoms with Crippen LogP contribution in [0, 0.1) is 6.92 Å². The summed E-state index contributed by atoms with van der Waals surface area (Å²) < 4.78 is 7.05. The molecule has 7 nitrogen and oxygen atoms in total. The van der Waals surface area contributed by atoms with E-state index in [1.54, 1.807) is 15.7 Å². The van der Waals surface area contributed by atoms with E-state index < -0.39 is 5.97 Å². The van der Waals surface area contributed by atoms with E-state index in [4.69, 9.17) is 9.52 Å². The maximum absolute atomic E-state index is 12.3. The number of aryl methyl sites for hydroxylation is 1. The molecular formula is C17H19N3O4. The van der Waals surface area contributed by atoms with Crippen LogP contribution < -0.4 is 0 Å². The lowest BCUT2D eigenvalue weighted by Crippen LogP contribution is -2.40. The molecule has 1 amide bonds. The number of rotatable bonds is 4. The summed E-state index contributed by atoms with van der Waals surface area (Å²) in [5.41, 5.74) is 0.159. The van der Waals surface area contributed by atoms with E-state index in [1.807, 2.05) is 19.1 Å². The summed E-state index contributed by atoms with van der Waals surface area (Å²) in [6.07, 6.45) is 7.74. The van der Waals surface area contributed by atoms with Crippen LogP contribution in [-0.2, 0) is 4.79 Å². The monoisotopic (exact) mass is 329 g/mol. The fraction of sp³-hybridized carbons (Fsp3) is 0.353. The van der Waals surface area contributed by atoms with Gasteiger partial charge in [-0.2, -0.15) is 5.10 Å². The average molecular weight is 329 g/mol. The number of hydrogen-bond donors (Lipinski definition) is 1. The predicted molar refractivity (Wildman–Crippen MR) is 86.5 cm³/mol. The molecule has 1 aliphatic heterocycles. The van der Waals surface area contributed by atoms with Gasteiger partial charge in [-0.05, 0) is 38.0 Å². The fourth-order valence-electron chi connectivity index (χ4n) is 2.82. The molecule has 3 heterocycles. The molecule has 24 heavy (non-hydrogen) atoms. The van der Waals surface area contributed by atoms with Gasteiger partial charge in [0, 0.05) is 25.4 Å². The summed E-state index contributed by atoms with van der Waals surface area (Å²) in [6.45, 7) is 3.05. The first kappa shape index (κ1) is 16.0. The zero-order chi connectivity index (χ0) is 17.1. The number of carbonyl (C=O) groups is 2. The second kappa shape index (κ2) is 6.74. The Kier molecular flexibility index (Phi) is 4.50. The molecule has 7 heteroatoms. The Bertz CT molecular complexity index is 774. The van der Waals surface area contributed by atoms with E-state index in [2.05, 4.69) is 5.10 Å². The number of nitrogens with zero attached hydrogens (tertiary/aromatic N) is 3. The van der Waals surface area contributed by atoms with Crippen LogP contribution >= 0.6 is 0 Å². The van der Waals surface area contributed by atoms with Crippen LogP contribution in [-0.4, -0.2) is 44.8 Å². The Morgan fingerprint density at radius 2 is 2.25 bits per heavy atom. The van der Waals surface area contributed by atoms with Crippen LogP contribution in [0.2, 0.25) is 0 Å². The van der Waals surface area contributed by atoms with Gasteiger partial charge in [0.1, 0.15) is 11.5 Å². The maximum Gasteiger partial charge on any atom is 0.338 e. The molecule has 2 aromatic heterocycles. The van der Waals surface area contributed by atoms with Crippen molar-refractivity contribution in [1.29, 1.82) is 0 Å². The second-order valence-electron chi connectivity index (χ2n) is 5.88. The lowest BCUT2D eigenvalue weighted by atomic mass is 10.1. The smallest absolute Gasteiger partial charge is 0.338 e. The van der Waals surface area contributed by atoms with Crippen LogP contribution in [0.1, 0.15) is 40.8 Å². The van der Waals surface area contributed by atoms with Gasteiger partial charge in [-0.1, -0.05) is 0 Å². The Morgan fingerprint density at radius 3 is 2.92 bits per heavy atom. The summed E-state index contributed by atoms with van der Waals surface area (Å²) in [7, 11) is 0. The highest BCUT2D eigenvalue weighted by Gasteiger charge is 2.24. The summed E-state index contributed by atoms with van der Waals surface area (Å²) in [6, 6.07) is 3.66. The Morgan fingerprint density at radius 1 is 1.42 bits per heavy atom. The SMILES string of the molecule is Cc1ccc(/C=C/C(=O)N2CCCC(n3cc(C(=O)O)cn3)C2)o1. The predicted octanol–water partition coefficient (Wildman–Crippen LogP) is 2.36. The first-order valence-corrected chi connectivity index (χ1v) is 7.84. The zero-order valence-corrected chi connectivity index (χ0v) is 13.4. The van der Waals surface area contributed by atoms with Crippen LogP contribution in [0.15, 0.2) is 35.0 Å². The van der Waals surface area contributed by atoms with Gasteiger partial charge in [0.25, 0.3) is 0 Å². The van der Waals surface area contributed by atoms with E-state index in [0.717, 1.165) is 18.6 Å².